The number of rotatable bonds is 38. The lowest BCUT2D eigenvalue weighted by atomic mass is 10.0. The average Bonchev–Trinajstić information content (AvgIpc) is 3.14. The Hall–Kier alpha value is -2.07. The molecule has 0 heterocycles. The zero-order valence-electron chi connectivity index (χ0n) is 33.2. The Morgan fingerprint density at radius 2 is 1.00 bits per heavy atom. The van der Waals surface area contributed by atoms with Gasteiger partial charge < -0.3 is 24.6 Å². The summed E-state index contributed by atoms with van der Waals surface area (Å²) in [7, 11) is -4.63. The number of esters is 2. The third kappa shape index (κ3) is 38.0. The highest BCUT2D eigenvalue weighted by atomic mass is 31.2. The minimum Gasteiger partial charge on any atom is -0.462 e. The van der Waals surface area contributed by atoms with E-state index in [1.165, 1.54) is 77.0 Å². The van der Waals surface area contributed by atoms with Gasteiger partial charge in [0.1, 0.15) is 12.7 Å². The molecule has 0 fully saturated rings. The van der Waals surface area contributed by atoms with Gasteiger partial charge in [0.2, 0.25) is 0 Å². The Kier molecular flexibility index (Phi) is 36.7. The lowest BCUT2D eigenvalue weighted by molar-refractivity contribution is -0.161. The quantitative estimate of drug-likeness (QED) is 0.0240. The van der Waals surface area contributed by atoms with Crippen molar-refractivity contribution in [2.45, 2.75) is 180 Å². The van der Waals surface area contributed by atoms with E-state index in [1.807, 2.05) is 12.2 Å². The van der Waals surface area contributed by atoms with E-state index in [0.717, 1.165) is 44.9 Å². The highest BCUT2D eigenvalue weighted by molar-refractivity contribution is 7.47. The van der Waals surface area contributed by atoms with Crippen molar-refractivity contribution in [1.29, 1.82) is 0 Å². The average molecular weight is 771 g/mol. The number of phosphoric acid groups is 1. The van der Waals surface area contributed by atoms with Crippen LogP contribution in [0.3, 0.4) is 0 Å². The van der Waals surface area contributed by atoms with Gasteiger partial charge in [-0.1, -0.05) is 152 Å². The summed E-state index contributed by atoms with van der Waals surface area (Å²) < 4.78 is 32.6. The zero-order valence-corrected chi connectivity index (χ0v) is 34.1. The summed E-state index contributed by atoms with van der Waals surface area (Å²) in [5, 5.41) is 18.3. The molecule has 0 aromatic rings. The Bertz CT molecular complexity index is 1030. The molecular weight excluding hydrogens is 695 g/mol. The molecule has 0 rings (SSSR count). The first-order valence-corrected chi connectivity index (χ1v) is 22.1. The number of aliphatic hydroxyl groups is 2. The monoisotopic (exact) mass is 771 g/mol. The van der Waals surface area contributed by atoms with Crippen LogP contribution in [0.5, 0.6) is 0 Å². The molecule has 0 aliphatic rings. The summed E-state index contributed by atoms with van der Waals surface area (Å²) in [5.74, 6) is -0.990. The van der Waals surface area contributed by atoms with Gasteiger partial charge in [0, 0.05) is 12.8 Å². The van der Waals surface area contributed by atoms with Crippen LogP contribution in [0, 0.1) is 0 Å². The van der Waals surface area contributed by atoms with E-state index in [4.69, 9.17) is 19.1 Å². The molecule has 308 valence electrons. The summed E-state index contributed by atoms with van der Waals surface area (Å²) in [6.07, 6.45) is 39.4. The SMILES string of the molecule is CCCCCC=CCC=CCC=CCC=CCCCC(=O)OC(COC(=O)CCCCCCCCCCCCCCC)COP(=O)(O)OCC(O)CO. The van der Waals surface area contributed by atoms with E-state index in [2.05, 4.69) is 54.8 Å². The van der Waals surface area contributed by atoms with Crippen LogP contribution in [0.25, 0.3) is 0 Å². The number of hydrogen-bond acceptors (Lipinski definition) is 9. The second kappa shape index (κ2) is 38.2. The van der Waals surface area contributed by atoms with Crippen molar-refractivity contribution in [3.63, 3.8) is 0 Å². The molecule has 0 bridgehead atoms. The fraction of sp³-hybridized carbons (Fsp3) is 0.762. The molecule has 0 aliphatic carbocycles. The number of phosphoric ester groups is 1. The number of carbonyl (C=O) groups is 2. The first-order valence-electron chi connectivity index (χ1n) is 20.6. The molecule has 3 atom stereocenters. The third-order valence-electron chi connectivity index (χ3n) is 8.49. The Morgan fingerprint density at radius 1 is 0.566 bits per heavy atom. The summed E-state index contributed by atoms with van der Waals surface area (Å²) in [5.41, 5.74) is 0. The number of ether oxygens (including phenoxy) is 2. The van der Waals surface area contributed by atoms with Crippen molar-refractivity contribution in [3.8, 4) is 0 Å². The number of carbonyl (C=O) groups excluding carboxylic acids is 2. The first kappa shape index (κ1) is 50.9. The van der Waals surface area contributed by atoms with Crippen LogP contribution < -0.4 is 0 Å². The van der Waals surface area contributed by atoms with E-state index in [9.17, 15) is 24.2 Å². The zero-order chi connectivity index (χ0) is 39.1. The number of hydrogen-bond donors (Lipinski definition) is 3. The van der Waals surface area contributed by atoms with Crippen LogP contribution in [-0.4, -0.2) is 65.7 Å². The summed E-state index contributed by atoms with van der Waals surface area (Å²) in [6.45, 7) is 2.28. The van der Waals surface area contributed by atoms with Crippen LogP contribution in [0.4, 0.5) is 0 Å². The predicted molar refractivity (Wildman–Crippen MR) is 214 cm³/mol. The molecule has 0 amide bonds. The van der Waals surface area contributed by atoms with Crippen LogP contribution in [0.1, 0.15) is 168 Å². The van der Waals surface area contributed by atoms with Crippen molar-refractivity contribution >= 4 is 19.8 Å². The maximum Gasteiger partial charge on any atom is 0.472 e. The minimum atomic E-state index is -4.63. The smallest absolute Gasteiger partial charge is 0.462 e. The molecule has 3 N–H and O–H groups in total. The van der Waals surface area contributed by atoms with Crippen molar-refractivity contribution in [2.24, 2.45) is 0 Å². The molecule has 53 heavy (non-hydrogen) atoms. The second-order valence-electron chi connectivity index (χ2n) is 13.7. The molecule has 0 radical (unpaired) electrons. The molecule has 11 heteroatoms. The van der Waals surface area contributed by atoms with E-state index >= 15 is 0 Å². The van der Waals surface area contributed by atoms with Gasteiger partial charge in [-0.25, -0.2) is 4.57 Å². The van der Waals surface area contributed by atoms with Crippen molar-refractivity contribution in [2.75, 3.05) is 26.4 Å². The number of allylic oxidation sites excluding steroid dienone is 8. The van der Waals surface area contributed by atoms with Gasteiger partial charge in [0.25, 0.3) is 0 Å². The van der Waals surface area contributed by atoms with Gasteiger partial charge in [-0.3, -0.25) is 18.6 Å². The fourth-order valence-electron chi connectivity index (χ4n) is 5.28. The van der Waals surface area contributed by atoms with Crippen LogP contribution >= 0.6 is 7.82 Å². The molecule has 0 aromatic carbocycles. The molecule has 3 unspecified atom stereocenters. The molecular formula is C42H75O10P. The number of aliphatic hydroxyl groups excluding tert-OH is 2. The molecule has 10 nitrogen and oxygen atoms in total. The van der Waals surface area contributed by atoms with E-state index in [0.29, 0.717) is 19.3 Å². The largest absolute Gasteiger partial charge is 0.472 e. The third-order valence-corrected chi connectivity index (χ3v) is 9.44. The maximum absolute atomic E-state index is 12.6. The van der Waals surface area contributed by atoms with E-state index in [-0.39, 0.29) is 19.4 Å². The van der Waals surface area contributed by atoms with Crippen LogP contribution in [0.15, 0.2) is 48.6 Å². The second-order valence-corrected chi connectivity index (χ2v) is 15.1. The standard InChI is InChI=1S/C42H75O10P/c1-3-5-7-9-11-13-15-17-18-19-20-22-24-26-28-30-32-34-42(46)52-40(38-51-53(47,48)50-36-39(44)35-43)37-49-41(45)33-31-29-27-25-23-21-16-14-12-10-8-6-4-2/h11,13,17-18,20,22,26,28,39-40,43-44H,3-10,12,14-16,19,21,23-25,27,29-38H2,1-2H3,(H,47,48). The summed E-state index contributed by atoms with van der Waals surface area (Å²) >= 11 is 0. The molecule has 0 saturated heterocycles. The Morgan fingerprint density at radius 3 is 1.53 bits per heavy atom. The van der Waals surface area contributed by atoms with Crippen LogP contribution in [-0.2, 0) is 32.7 Å². The number of unbranched alkanes of at least 4 members (excludes halogenated alkanes) is 16. The topological polar surface area (TPSA) is 149 Å². The van der Waals surface area contributed by atoms with Crippen molar-refractivity contribution < 1.29 is 47.8 Å². The molecule has 0 aliphatic heterocycles. The molecule has 0 spiro atoms. The van der Waals surface area contributed by atoms with Crippen molar-refractivity contribution in [3.05, 3.63) is 48.6 Å². The highest BCUT2D eigenvalue weighted by Crippen LogP contribution is 2.43. The van der Waals surface area contributed by atoms with Gasteiger partial charge in [0.15, 0.2) is 6.10 Å². The molecule has 0 aromatic heterocycles. The van der Waals surface area contributed by atoms with E-state index < -0.39 is 51.8 Å². The van der Waals surface area contributed by atoms with Gasteiger partial charge in [-0.15, -0.1) is 0 Å². The van der Waals surface area contributed by atoms with Crippen LogP contribution in [0.2, 0.25) is 0 Å². The first-order chi connectivity index (χ1) is 25.7. The summed E-state index contributed by atoms with van der Waals surface area (Å²) in [6, 6.07) is 0. The normalized spacial score (nSPS) is 14.4. The lowest BCUT2D eigenvalue weighted by Gasteiger charge is -2.20. The minimum absolute atomic E-state index is 0.109. The van der Waals surface area contributed by atoms with Gasteiger partial charge in [-0.05, 0) is 51.4 Å². The van der Waals surface area contributed by atoms with Gasteiger partial charge in [-0.2, -0.15) is 0 Å². The van der Waals surface area contributed by atoms with Gasteiger partial charge >= 0.3 is 19.8 Å². The fourth-order valence-corrected chi connectivity index (χ4v) is 6.07. The highest BCUT2D eigenvalue weighted by Gasteiger charge is 2.27. The predicted octanol–water partition coefficient (Wildman–Crippen LogP) is 10.6. The lowest BCUT2D eigenvalue weighted by Crippen LogP contribution is -2.29. The summed E-state index contributed by atoms with van der Waals surface area (Å²) in [4.78, 5) is 34.9. The van der Waals surface area contributed by atoms with Crippen molar-refractivity contribution in [1.82, 2.24) is 0 Å². The van der Waals surface area contributed by atoms with E-state index in [1.54, 1.807) is 0 Å². The molecule has 0 saturated carbocycles. The Labute approximate surface area is 322 Å². The maximum atomic E-state index is 12.6. The van der Waals surface area contributed by atoms with Gasteiger partial charge in [0.05, 0.1) is 19.8 Å². The Balaban J connectivity index is 4.43.